The van der Waals surface area contributed by atoms with Gasteiger partial charge in [0.1, 0.15) is 0 Å². The fourth-order valence-corrected chi connectivity index (χ4v) is 3.85. The smallest absolute Gasteiger partial charge is 0.239 e. The largest absolute Gasteiger partial charge is 0.374 e. The number of hydrogen-bond acceptors (Lipinski definition) is 6. The average molecular weight is 395 g/mol. The van der Waals surface area contributed by atoms with E-state index in [-0.39, 0.29) is 30.5 Å². The zero-order valence-corrected chi connectivity index (χ0v) is 17.5. The monoisotopic (exact) mass is 394 g/mol. The molecule has 0 spiro atoms. The van der Waals surface area contributed by atoms with Crippen molar-refractivity contribution in [2.75, 3.05) is 64.4 Å². The van der Waals surface area contributed by atoms with E-state index in [1.165, 1.54) is 0 Å². The fourth-order valence-electron chi connectivity index (χ4n) is 3.36. The lowest BCUT2D eigenvalue weighted by Crippen LogP contribution is -2.56. The third-order valence-electron chi connectivity index (χ3n) is 5.00. The molecular formula is C17H35ClN4O2S. The Hall–Kier alpha value is -0.0500. The van der Waals surface area contributed by atoms with Gasteiger partial charge in [-0.25, -0.2) is 0 Å². The minimum atomic E-state index is -0.342. The first kappa shape index (κ1) is 23.0. The molecule has 2 aliphatic rings. The van der Waals surface area contributed by atoms with Crippen LogP contribution >= 0.6 is 24.2 Å². The van der Waals surface area contributed by atoms with E-state index < -0.39 is 0 Å². The molecule has 2 atom stereocenters. The minimum Gasteiger partial charge on any atom is -0.374 e. The first-order valence-corrected chi connectivity index (χ1v) is 10.5. The summed E-state index contributed by atoms with van der Waals surface area (Å²) in [6.07, 6.45) is 3.09. The lowest BCUT2D eigenvalue weighted by atomic mass is 10.1. The van der Waals surface area contributed by atoms with Crippen LogP contribution in [0.25, 0.3) is 0 Å². The van der Waals surface area contributed by atoms with Gasteiger partial charge in [0.15, 0.2) is 0 Å². The van der Waals surface area contributed by atoms with Gasteiger partial charge in [-0.3, -0.25) is 14.6 Å². The summed E-state index contributed by atoms with van der Waals surface area (Å²) in [7, 11) is 0. The van der Waals surface area contributed by atoms with Crippen molar-refractivity contribution >= 4 is 30.1 Å². The first-order chi connectivity index (χ1) is 11.5. The van der Waals surface area contributed by atoms with Crippen LogP contribution in [0.3, 0.4) is 0 Å². The third kappa shape index (κ3) is 7.23. The molecule has 0 bridgehead atoms. The Morgan fingerprint density at radius 3 is 2.52 bits per heavy atom. The number of amides is 1. The van der Waals surface area contributed by atoms with Crippen molar-refractivity contribution in [2.24, 2.45) is 5.73 Å². The number of thioether (sulfide) groups is 1. The van der Waals surface area contributed by atoms with Crippen LogP contribution < -0.4 is 5.73 Å². The Morgan fingerprint density at radius 1 is 1.24 bits per heavy atom. The molecule has 0 saturated carbocycles. The highest BCUT2D eigenvalue weighted by Crippen LogP contribution is 2.12. The second kappa shape index (κ2) is 11.6. The normalized spacial score (nSPS) is 24.2. The Labute approximate surface area is 163 Å². The van der Waals surface area contributed by atoms with Gasteiger partial charge in [0, 0.05) is 51.9 Å². The molecular weight excluding hydrogens is 360 g/mol. The summed E-state index contributed by atoms with van der Waals surface area (Å²) in [5.74, 6) is 1.06. The van der Waals surface area contributed by atoms with Gasteiger partial charge in [-0.1, -0.05) is 0 Å². The number of carbonyl (C=O) groups is 1. The summed E-state index contributed by atoms with van der Waals surface area (Å²) in [5, 5.41) is 0. The van der Waals surface area contributed by atoms with Crippen LogP contribution in [0.4, 0.5) is 0 Å². The predicted octanol–water partition coefficient (Wildman–Crippen LogP) is 0.742. The van der Waals surface area contributed by atoms with Crippen molar-refractivity contribution in [3.05, 3.63) is 0 Å². The van der Waals surface area contributed by atoms with E-state index in [4.69, 9.17) is 10.5 Å². The van der Waals surface area contributed by atoms with Crippen LogP contribution in [0.5, 0.6) is 0 Å². The number of carbonyl (C=O) groups excluding carboxylic acids is 1. The molecule has 6 nitrogen and oxygen atoms in total. The van der Waals surface area contributed by atoms with Crippen LogP contribution in [0.2, 0.25) is 0 Å². The molecule has 2 saturated heterocycles. The Morgan fingerprint density at radius 2 is 1.92 bits per heavy atom. The number of rotatable bonds is 7. The molecule has 0 aromatic rings. The van der Waals surface area contributed by atoms with Gasteiger partial charge in [-0.05, 0) is 32.3 Å². The SMILES string of the molecule is CSCC[C@H](N)C(=O)N1CCN(CC2CN(C(C)C)CCO2)CC1.Cl. The van der Waals surface area contributed by atoms with E-state index in [9.17, 15) is 4.79 Å². The highest BCUT2D eigenvalue weighted by atomic mass is 35.5. The predicted molar refractivity (Wildman–Crippen MR) is 108 cm³/mol. The number of ether oxygens (including phenoxy) is 1. The molecule has 148 valence electrons. The molecule has 2 aliphatic heterocycles. The van der Waals surface area contributed by atoms with Crippen LogP contribution in [0, 0.1) is 0 Å². The molecule has 0 aromatic carbocycles. The maximum absolute atomic E-state index is 12.4. The molecule has 0 aliphatic carbocycles. The molecule has 2 rings (SSSR count). The van der Waals surface area contributed by atoms with Gasteiger partial charge in [0.05, 0.1) is 18.8 Å². The van der Waals surface area contributed by atoms with E-state index in [0.29, 0.717) is 6.04 Å². The van der Waals surface area contributed by atoms with Gasteiger partial charge < -0.3 is 15.4 Å². The van der Waals surface area contributed by atoms with Crippen molar-refractivity contribution < 1.29 is 9.53 Å². The van der Waals surface area contributed by atoms with Crippen molar-refractivity contribution in [3.8, 4) is 0 Å². The molecule has 2 fully saturated rings. The molecule has 0 aromatic heterocycles. The van der Waals surface area contributed by atoms with Crippen molar-refractivity contribution in [3.63, 3.8) is 0 Å². The summed E-state index contributed by atoms with van der Waals surface area (Å²) in [5.41, 5.74) is 6.02. The Balaban J connectivity index is 0.00000312. The molecule has 1 unspecified atom stereocenters. The summed E-state index contributed by atoms with van der Waals surface area (Å²) in [6.45, 7) is 11.7. The van der Waals surface area contributed by atoms with Crippen LogP contribution in [0.1, 0.15) is 20.3 Å². The van der Waals surface area contributed by atoms with E-state index in [1.54, 1.807) is 11.8 Å². The van der Waals surface area contributed by atoms with E-state index in [1.807, 2.05) is 11.2 Å². The second-order valence-electron chi connectivity index (χ2n) is 7.10. The number of nitrogens with zero attached hydrogens (tertiary/aromatic N) is 3. The van der Waals surface area contributed by atoms with Crippen LogP contribution in [0.15, 0.2) is 0 Å². The van der Waals surface area contributed by atoms with Crippen molar-refractivity contribution in [1.82, 2.24) is 14.7 Å². The summed E-state index contributed by atoms with van der Waals surface area (Å²) < 4.78 is 5.93. The fraction of sp³-hybridized carbons (Fsp3) is 0.941. The van der Waals surface area contributed by atoms with E-state index in [0.717, 1.165) is 64.6 Å². The van der Waals surface area contributed by atoms with E-state index in [2.05, 4.69) is 23.6 Å². The Kier molecular flexibility index (Phi) is 10.7. The number of morpholine rings is 1. The first-order valence-electron chi connectivity index (χ1n) is 9.12. The van der Waals surface area contributed by atoms with Crippen molar-refractivity contribution in [1.29, 1.82) is 0 Å². The maximum atomic E-state index is 12.4. The zero-order chi connectivity index (χ0) is 17.5. The average Bonchev–Trinajstić information content (AvgIpc) is 2.60. The number of halogens is 1. The van der Waals surface area contributed by atoms with Gasteiger partial charge in [-0.2, -0.15) is 11.8 Å². The standard InChI is InChI=1S/C17H34N4O2S.ClH/c1-14(2)21-9-10-23-15(13-21)12-19-5-7-20(8-6-19)17(22)16(18)4-11-24-3;/h14-16H,4-13,18H2,1-3H3;1H/t15?,16-;/m0./s1. The van der Waals surface area contributed by atoms with Crippen LogP contribution in [-0.4, -0.2) is 103 Å². The maximum Gasteiger partial charge on any atom is 0.239 e. The lowest BCUT2D eigenvalue weighted by Gasteiger charge is -2.40. The highest BCUT2D eigenvalue weighted by Gasteiger charge is 2.28. The highest BCUT2D eigenvalue weighted by molar-refractivity contribution is 7.98. The molecule has 0 radical (unpaired) electrons. The molecule has 2 N–H and O–H groups in total. The quantitative estimate of drug-likeness (QED) is 0.687. The van der Waals surface area contributed by atoms with Gasteiger partial charge in [-0.15, -0.1) is 12.4 Å². The van der Waals surface area contributed by atoms with Gasteiger partial charge in [0.25, 0.3) is 0 Å². The number of nitrogens with two attached hydrogens (primary N) is 1. The number of piperazine rings is 1. The summed E-state index contributed by atoms with van der Waals surface area (Å²) in [6, 6.07) is 0.235. The van der Waals surface area contributed by atoms with E-state index >= 15 is 0 Å². The zero-order valence-electron chi connectivity index (χ0n) is 15.9. The molecule has 25 heavy (non-hydrogen) atoms. The lowest BCUT2D eigenvalue weighted by molar-refractivity contribution is -0.134. The summed E-state index contributed by atoms with van der Waals surface area (Å²) >= 11 is 1.74. The molecule has 8 heteroatoms. The third-order valence-corrected chi connectivity index (χ3v) is 5.64. The second-order valence-corrected chi connectivity index (χ2v) is 8.08. The van der Waals surface area contributed by atoms with Gasteiger partial charge in [0.2, 0.25) is 5.91 Å². The topological polar surface area (TPSA) is 62.0 Å². The minimum absolute atomic E-state index is 0. The van der Waals surface area contributed by atoms with Crippen molar-refractivity contribution in [2.45, 2.75) is 38.5 Å². The Bertz CT molecular complexity index is 395. The summed E-state index contributed by atoms with van der Waals surface area (Å²) in [4.78, 5) is 19.2. The number of hydrogen-bond donors (Lipinski definition) is 1. The van der Waals surface area contributed by atoms with Crippen LogP contribution in [-0.2, 0) is 9.53 Å². The molecule has 1 amide bonds. The molecule has 2 heterocycles. The van der Waals surface area contributed by atoms with Gasteiger partial charge >= 0.3 is 0 Å².